The van der Waals surface area contributed by atoms with E-state index in [1.54, 1.807) is 24.3 Å². The molecule has 0 spiro atoms. The summed E-state index contributed by atoms with van der Waals surface area (Å²) in [6, 6.07) is 6.31. The zero-order valence-electron chi connectivity index (χ0n) is 13.5. The lowest BCUT2D eigenvalue weighted by Crippen LogP contribution is -2.47. The maximum absolute atomic E-state index is 12.5. The minimum Gasteiger partial charge on any atom is -0.508 e. The average Bonchev–Trinajstić information content (AvgIpc) is 2.38. The summed E-state index contributed by atoms with van der Waals surface area (Å²) in [5.41, 5.74) is 7.05. The number of benzene rings is 1. The van der Waals surface area contributed by atoms with Gasteiger partial charge in [-0.3, -0.25) is 4.79 Å². The third-order valence-corrected chi connectivity index (χ3v) is 3.19. The van der Waals surface area contributed by atoms with Crippen LogP contribution in [0, 0.1) is 11.8 Å². The molecule has 1 rings (SSSR count). The second-order valence-electron chi connectivity index (χ2n) is 6.51. The molecule has 0 saturated carbocycles. The van der Waals surface area contributed by atoms with Crippen molar-refractivity contribution in [3.63, 3.8) is 0 Å². The zero-order chi connectivity index (χ0) is 16.0. The first-order valence-electron chi connectivity index (χ1n) is 7.61. The van der Waals surface area contributed by atoms with Crippen molar-refractivity contribution in [1.29, 1.82) is 0 Å². The Kier molecular flexibility index (Phi) is 6.69. The molecule has 0 fully saturated rings. The number of phenols is 1. The summed E-state index contributed by atoms with van der Waals surface area (Å²) >= 11 is 0. The molecule has 118 valence electrons. The molecule has 0 saturated heterocycles. The van der Waals surface area contributed by atoms with Crippen LogP contribution in [0.15, 0.2) is 24.3 Å². The van der Waals surface area contributed by atoms with Gasteiger partial charge in [0.05, 0.1) is 6.04 Å². The van der Waals surface area contributed by atoms with Crippen molar-refractivity contribution in [3.8, 4) is 5.75 Å². The fourth-order valence-corrected chi connectivity index (χ4v) is 2.34. The second kappa shape index (κ2) is 8.03. The highest BCUT2D eigenvalue weighted by atomic mass is 16.3. The molecule has 1 amide bonds. The van der Waals surface area contributed by atoms with Crippen LogP contribution in [0.25, 0.3) is 0 Å². The number of carbonyl (C=O) groups is 1. The van der Waals surface area contributed by atoms with Gasteiger partial charge in [0, 0.05) is 13.1 Å². The van der Waals surface area contributed by atoms with Crippen LogP contribution in [-0.4, -0.2) is 35.0 Å². The summed E-state index contributed by atoms with van der Waals surface area (Å²) in [5, 5.41) is 9.28. The summed E-state index contributed by atoms with van der Waals surface area (Å²) < 4.78 is 0. The molecule has 0 aliphatic rings. The Morgan fingerprint density at radius 3 is 2.00 bits per heavy atom. The molecule has 4 nitrogen and oxygen atoms in total. The number of phenolic OH excluding ortho intramolecular Hbond substituents is 1. The highest BCUT2D eigenvalue weighted by molar-refractivity contribution is 5.82. The number of nitrogens with zero attached hydrogens (tertiary/aromatic N) is 1. The van der Waals surface area contributed by atoms with E-state index >= 15 is 0 Å². The molecule has 0 bridgehead atoms. The highest BCUT2D eigenvalue weighted by Crippen LogP contribution is 2.12. The molecule has 0 heterocycles. The van der Waals surface area contributed by atoms with Crippen molar-refractivity contribution in [2.24, 2.45) is 17.6 Å². The molecule has 0 unspecified atom stereocenters. The fraction of sp³-hybridized carbons (Fsp3) is 0.588. The van der Waals surface area contributed by atoms with Gasteiger partial charge >= 0.3 is 0 Å². The maximum atomic E-state index is 12.5. The van der Waals surface area contributed by atoms with Crippen LogP contribution in [-0.2, 0) is 11.2 Å². The van der Waals surface area contributed by atoms with Crippen LogP contribution in [0.4, 0.5) is 0 Å². The lowest BCUT2D eigenvalue weighted by molar-refractivity contribution is -0.133. The van der Waals surface area contributed by atoms with Gasteiger partial charge in [-0.15, -0.1) is 0 Å². The highest BCUT2D eigenvalue weighted by Gasteiger charge is 2.22. The van der Waals surface area contributed by atoms with Gasteiger partial charge in [0.1, 0.15) is 5.75 Å². The molecule has 0 aliphatic heterocycles. The Morgan fingerprint density at radius 1 is 1.10 bits per heavy atom. The average molecular weight is 292 g/mol. The number of carbonyl (C=O) groups excluding carboxylic acids is 1. The quantitative estimate of drug-likeness (QED) is 0.811. The van der Waals surface area contributed by atoms with E-state index in [1.807, 2.05) is 4.90 Å². The van der Waals surface area contributed by atoms with Gasteiger partial charge in [0.15, 0.2) is 0 Å². The Bertz CT molecular complexity index is 431. The largest absolute Gasteiger partial charge is 0.508 e. The molecule has 4 heteroatoms. The van der Waals surface area contributed by atoms with Gasteiger partial charge < -0.3 is 15.7 Å². The first-order valence-corrected chi connectivity index (χ1v) is 7.61. The number of aromatic hydroxyl groups is 1. The van der Waals surface area contributed by atoms with E-state index in [9.17, 15) is 9.90 Å². The van der Waals surface area contributed by atoms with E-state index in [4.69, 9.17) is 5.73 Å². The zero-order valence-corrected chi connectivity index (χ0v) is 13.5. The molecule has 1 aromatic carbocycles. The summed E-state index contributed by atoms with van der Waals surface area (Å²) in [5.74, 6) is 1.08. The number of hydrogen-bond acceptors (Lipinski definition) is 3. The van der Waals surface area contributed by atoms with Gasteiger partial charge in [-0.1, -0.05) is 39.8 Å². The Hall–Kier alpha value is -1.55. The van der Waals surface area contributed by atoms with Gasteiger partial charge in [-0.2, -0.15) is 0 Å². The number of nitrogens with two attached hydrogens (primary N) is 1. The monoisotopic (exact) mass is 292 g/mol. The van der Waals surface area contributed by atoms with Crippen LogP contribution >= 0.6 is 0 Å². The molecule has 21 heavy (non-hydrogen) atoms. The van der Waals surface area contributed by atoms with Gasteiger partial charge in [0.25, 0.3) is 0 Å². The minimum atomic E-state index is -0.535. The van der Waals surface area contributed by atoms with Gasteiger partial charge in [-0.05, 0) is 36.0 Å². The summed E-state index contributed by atoms with van der Waals surface area (Å²) in [7, 11) is 0. The standard InChI is InChI=1S/C17H28N2O2/c1-12(2)10-19(11-13(3)4)17(21)16(18)9-14-5-7-15(20)8-6-14/h5-8,12-13,16,20H,9-11,18H2,1-4H3/t16-/m0/s1. The fourth-order valence-electron chi connectivity index (χ4n) is 2.34. The lowest BCUT2D eigenvalue weighted by atomic mass is 10.0. The van der Waals surface area contributed by atoms with Crippen molar-refractivity contribution >= 4 is 5.91 Å². The first-order chi connectivity index (χ1) is 9.79. The molecule has 3 N–H and O–H groups in total. The number of amides is 1. The normalized spacial score (nSPS) is 12.7. The molecule has 1 atom stereocenters. The van der Waals surface area contributed by atoms with Crippen LogP contribution in [0.5, 0.6) is 5.75 Å². The van der Waals surface area contributed by atoms with E-state index in [1.165, 1.54) is 0 Å². The molecule has 1 aromatic rings. The topological polar surface area (TPSA) is 66.6 Å². The van der Waals surface area contributed by atoms with Crippen molar-refractivity contribution in [2.45, 2.75) is 40.2 Å². The third-order valence-electron chi connectivity index (χ3n) is 3.19. The molecular weight excluding hydrogens is 264 g/mol. The van der Waals surface area contributed by atoms with Crippen molar-refractivity contribution in [2.75, 3.05) is 13.1 Å². The Morgan fingerprint density at radius 2 is 1.57 bits per heavy atom. The van der Waals surface area contributed by atoms with Gasteiger partial charge in [-0.25, -0.2) is 0 Å². The number of rotatable bonds is 7. The molecule has 0 aromatic heterocycles. The van der Waals surface area contributed by atoms with E-state index in [2.05, 4.69) is 27.7 Å². The SMILES string of the molecule is CC(C)CN(CC(C)C)C(=O)[C@@H](N)Cc1ccc(O)cc1. The summed E-state index contributed by atoms with van der Waals surface area (Å²) in [4.78, 5) is 14.4. The second-order valence-corrected chi connectivity index (χ2v) is 6.51. The third kappa shape index (κ3) is 6.17. The van der Waals surface area contributed by atoms with Crippen molar-refractivity contribution in [3.05, 3.63) is 29.8 Å². The van der Waals surface area contributed by atoms with Crippen LogP contribution in [0.3, 0.4) is 0 Å². The predicted octanol–water partition coefficient (Wildman–Crippen LogP) is 2.40. The Balaban J connectivity index is 2.70. The Labute approximate surface area is 128 Å². The first kappa shape index (κ1) is 17.5. The summed E-state index contributed by atoms with van der Waals surface area (Å²) in [6.07, 6.45) is 0.492. The van der Waals surface area contributed by atoms with E-state index in [0.717, 1.165) is 18.7 Å². The van der Waals surface area contributed by atoms with E-state index < -0.39 is 6.04 Å². The smallest absolute Gasteiger partial charge is 0.239 e. The minimum absolute atomic E-state index is 0.00507. The molecular formula is C17H28N2O2. The number of hydrogen-bond donors (Lipinski definition) is 2. The van der Waals surface area contributed by atoms with Crippen LogP contribution < -0.4 is 5.73 Å². The van der Waals surface area contributed by atoms with Crippen LogP contribution in [0.1, 0.15) is 33.3 Å². The molecule has 0 radical (unpaired) electrons. The maximum Gasteiger partial charge on any atom is 0.239 e. The molecule has 0 aliphatic carbocycles. The van der Waals surface area contributed by atoms with E-state index in [-0.39, 0.29) is 11.7 Å². The van der Waals surface area contributed by atoms with Crippen LogP contribution in [0.2, 0.25) is 0 Å². The summed E-state index contributed by atoms with van der Waals surface area (Å²) in [6.45, 7) is 9.89. The van der Waals surface area contributed by atoms with Gasteiger partial charge in [0.2, 0.25) is 5.91 Å². The van der Waals surface area contributed by atoms with E-state index in [0.29, 0.717) is 18.3 Å². The lowest BCUT2D eigenvalue weighted by Gasteiger charge is -2.29. The van der Waals surface area contributed by atoms with Crippen molar-refractivity contribution in [1.82, 2.24) is 4.90 Å². The van der Waals surface area contributed by atoms with Crippen molar-refractivity contribution < 1.29 is 9.90 Å². The predicted molar refractivity (Wildman–Crippen MR) is 86.0 cm³/mol.